The van der Waals surface area contributed by atoms with Crippen molar-refractivity contribution < 1.29 is 14.6 Å². The largest absolute Gasteiger partial charge is 0.493 e. The van der Waals surface area contributed by atoms with Gasteiger partial charge in [-0.2, -0.15) is 0 Å². The van der Waals surface area contributed by atoms with Gasteiger partial charge in [0.05, 0.1) is 24.4 Å². The molecule has 1 amide bonds. The van der Waals surface area contributed by atoms with E-state index in [1.54, 1.807) is 6.07 Å². The molecule has 3 N–H and O–H groups in total. The molecule has 0 aliphatic carbocycles. The van der Waals surface area contributed by atoms with Gasteiger partial charge in [0.25, 0.3) is 5.91 Å². The maximum absolute atomic E-state index is 12.6. The maximum Gasteiger partial charge on any atom is 0.270 e. The molecule has 0 saturated carbocycles. The summed E-state index contributed by atoms with van der Waals surface area (Å²) in [7, 11) is 0. The van der Waals surface area contributed by atoms with Crippen LogP contribution in [-0.2, 0) is 0 Å². The predicted octanol–water partition coefficient (Wildman–Crippen LogP) is 3.50. The number of amides is 1. The standard InChI is InChI=1S/C22H21N3O3/c1-2-28-19-10-6-4-8-15(19)20-21-16(14-7-3-5-9-17(14)24-21)13-18(25-20)22(27)23-11-12-26/h3-10,13,24,26H,2,11-12H2,1H3,(H,23,27). The number of aromatic amines is 1. The number of hydrogen-bond donors (Lipinski definition) is 3. The normalized spacial score (nSPS) is 11.1. The molecule has 2 heterocycles. The quantitative estimate of drug-likeness (QED) is 0.481. The summed E-state index contributed by atoms with van der Waals surface area (Å²) in [5, 5.41) is 13.6. The van der Waals surface area contributed by atoms with Gasteiger partial charge in [0.2, 0.25) is 0 Å². The fraction of sp³-hybridized carbons (Fsp3) is 0.182. The van der Waals surface area contributed by atoms with Gasteiger partial charge < -0.3 is 20.1 Å². The highest BCUT2D eigenvalue weighted by Crippen LogP contribution is 2.36. The molecule has 4 rings (SSSR count). The van der Waals surface area contributed by atoms with Crippen LogP contribution in [0.4, 0.5) is 0 Å². The molecule has 6 heteroatoms. The van der Waals surface area contributed by atoms with Gasteiger partial charge in [-0.3, -0.25) is 4.79 Å². The third-order valence-corrected chi connectivity index (χ3v) is 4.57. The summed E-state index contributed by atoms with van der Waals surface area (Å²) in [6.07, 6.45) is 0. The van der Waals surface area contributed by atoms with Crippen LogP contribution in [0.5, 0.6) is 5.75 Å². The van der Waals surface area contributed by atoms with Crippen LogP contribution < -0.4 is 10.1 Å². The molecule has 0 fully saturated rings. The lowest BCUT2D eigenvalue weighted by atomic mass is 10.1. The van der Waals surface area contributed by atoms with Gasteiger partial charge in [-0.05, 0) is 31.2 Å². The molecule has 0 saturated heterocycles. The zero-order chi connectivity index (χ0) is 19.5. The van der Waals surface area contributed by atoms with E-state index in [1.165, 1.54) is 0 Å². The first kappa shape index (κ1) is 18.0. The van der Waals surface area contributed by atoms with Crippen molar-refractivity contribution >= 4 is 27.7 Å². The molecular formula is C22H21N3O3. The van der Waals surface area contributed by atoms with Crippen molar-refractivity contribution in [3.05, 3.63) is 60.3 Å². The highest BCUT2D eigenvalue weighted by atomic mass is 16.5. The fourth-order valence-corrected chi connectivity index (χ4v) is 3.36. The van der Waals surface area contributed by atoms with Gasteiger partial charge in [0, 0.05) is 28.4 Å². The van der Waals surface area contributed by atoms with Gasteiger partial charge in [-0.25, -0.2) is 4.98 Å². The Bertz CT molecular complexity index is 1150. The zero-order valence-corrected chi connectivity index (χ0v) is 15.5. The van der Waals surface area contributed by atoms with Crippen molar-refractivity contribution in [3.63, 3.8) is 0 Å². The Kier molecular flexibility index (Phi) is 4.95. The number of nitrogens with zero attached hydrogens (tertiary/aromatic N) is 1. The fourth-order valence-electron chi connectivity index (χ4n) is 3.36. The molecule has 0 bridgehead atoms. The molecule has 0 spiro atoms. The molecule has 0 aliphatic heterocycles. The number of benzene rings is 2. The number of pyridine rings is 1. The molecular weight excluding hydrogens is 354 g/mol. The van der Waals surface area contributed by atoms with E-state index < -0.39 is 0 Å². The first-order chi connectivity index (χ1) is 13.7. The van der Waals surface area contributed by atoms with Crippen LogP contribution in [0.2, 0.25) is 0 Å². The van der Waals surface area contributed by atoms with Crippen LogP contribution >= 0.6 is 0 Å². The molecule has 2 aromatic carbocycles. The van der Waals surface area contributed by atoms with E-state index >= 15 is 0 Å². The van der Waals surface area contributed by atoms with Gasteiger partial charge in [-0.1, -0.05) is 30.3 Å². The van der Waals surface area contributed by atoms with Gasteiger partial charge in [0.1, 0.15) is 11.4 Å². The number of nitrogens with one attached hydrogen (secondary N) is 2. The molecule has 0 radical (unpaired) electrons. The van der Waals surface area contributed by atoms with E-state index in [-0.39, 0.29) is 19.1 Å². The number of carbonyl (C=O) groups is 1. The van der Waals surface area contributed by atoms with Crippen molar-refractivity contribution in [2.45, 2.75) is 6.92 Å². The summed E-state index contributed by atoms with van der Waals surface area (Å²) in [5.41, 5.74) is 3.60. The summed E-state index contributed by atoms with van der Waals surface area (Å²) in [6, 6.07) is 17.4. The Morgan fingerprint density at radius 2 is 1.93 bits per heavy atom. The highest BCUT2D eigenvalue weighted by Gasteiger charge is 2.18. The van der Waals surface area contributed by atoms with Crippen molar-refractivity contribution in [1.29, 1.82) is 0 Å². The van der Waals surface area contributed by atoms with E-state index in [1.807, 2.05) is 55.5 Å². The number of hydrogen-bond acceptors (Lipinski definition) is 4. The number of H-pyrrole nitrogens is 1. The third kappa shape index (κ3) is 3.18. The molecule has 0 unspecified atom stereocenters. The summed E-state index contributed by atoms with van der Waals surface area (Å²) in [5.74, 6) is 0.391. The Morgan fingerprint density at radius 3 is 2.75 bits per heavy atom. The highest BCUT2D eigenvalue weighted by molar-refractivity contribution is 6.13. The first-order valence-corrected chi connectivity index (χ1v) is 9.25. The Labute approximate surface area is 162 Å². The predicted molar refractivity (Wildman–Crippen MR) is 110 cm³/mol. The number of aromatic nitrogens is 2. The molecule has 0 atom stereocenters. The van der Waals surface area contributed by atoms with E-state index in [0.717, 1.165) is 27.4 Å². The number of carbonyl (C=O) groups excluding carboxylic acids is 1. The molecule has 142 valence electrons. The second kappa shape index (κ2) is 7.70. The summed E-state index contributed by atoms with van der Waals surface area (Å²) >= 11 is 0. The van der Waals surface area contributed by atoms with Crippen molar-refractivity contribution in [2.75, 3.05) is 19.8 Å². The minimum absolute atomic E-state index is 0.124. The summed E-state index contributed by atoms with van der Waals surface area (Å²) in [4.78, 5) is 20.7. The van der Waals surface area contributed by atoms with Gasteiger partial charge in [-0.15, -0.1) is 0 Å². The molecule has 0 aliphatic rings. The van der Waals surface area contributed by atoms with Crippen LogP contribution in [0.15, 0.2) is 54.6 Å². The monoisotopic (exact) mass is 375 g/mol. The Hall–Kier alpha value is -3.38. The third-order valence-electron chi connectivity index (χ3n) is 4.57. The topological polar surface area (TPSA) is 87.2 Å². The zero-order valence-electron chi connectivity index (χ0n) is 15.5. The van der Waals surface area contributed by atoms with E-state index in [0.29, 0.717) is 23.7 Å². The first-order valence-electron chi connectivity index (χ1n) is 9.25. The lowest BCUT2D eigenvalue weighted by Crippen LogP contribution is -2.27. The van der Waals surface area contributed by atoms with Crippen LogP contribution in [0.3, 0.4) is 0 Å². The average Bonchev–Trinajstić information content (AvgIpc) is 3.11. The summed E-state index contributed by atoms with van der Waals surface area (Å²) < 4.78 is 5.79. The Balaban J connectivity index is 2.00. The minimum atomic E-state index is -0.323. The number of aliphatic hydroxyl groups excluding tert-OH is 1. The van der Waals surface area contributed by atoms with Gasteiger partial charge >= 0.3 is 0 Å². The Morgan fingerprint density at radius 1 is 1.14 bits per heavy atom. The molecule has 28 heavy (non-hydrogen) atoms. The number of rotatable bonds is 6. The number of aliphatic hydroxyl groups is 1. The lowest BCUT2D eigenvalue weighted by Gasteiger charge is -2.12. The minimum Gasteiger partial charge on any atom is -0.493 e. The number of para-hydroxylation sites is 2. The van der Waals surface area contributed by atoms with Crippen LogP contribution in [0.25, 0.3) is 33.1 Å². The second-order valence-corrected chi connectivity index (χ2v) is 6.36. The van der Waals surface area contributed by atoms with Crippen LogP contribution in [0.1, 0.15) is 17.4 Å². The lowest BCUT2D eigenvalue weighted by molar-refractivity contribution is 0.0940. The molecule has 2 aromatic heterocycles. The van der Waals surface area contributed by atoms with E-state index in [4.69, 9.17) is 9.84 Å². The smallest absolute Gasteiger partial charge is 0.270 e. The second-order valence-electron chi connectivity index (χ2n) is 6.36. The van der Waals surface area contributed by atoms with Crippen molar-refractivity contribution in [3.8, 4) is 17.0 Å². The number of fused-ring (bicyclic) bond motifs is 3. The molecule has 6 nitrogen and oxygen atoms in total. The van der Waals surface area contributed by atoms with Crippen LogP contribution in [-0.4, -0.2) is 40.7 Å². The van der Waals surface area contributed by atoms with E-state index in [9.17, 15) is 4.79 Å². The van der Waals surface area contributed by atoms with Crippen molar-refractivity contribution in [2.24, 2.45) is 0 Å². The van der Waals surface area contributed by atoms with E-state index in [2.05, 4.69) is 15.3 Å². The average molecular weight is 375 g/mol. The van der Waals surface area contributed by atoms with Gasteiger partial charge in [0.15, 0.2) is 0 Å². The van der Waals surface area contributed by atoms with Crippen molar-refractivity contribution in [1.82, 2.24) is 15.3 Å². The maximum atomic E-state index is 12.6. The van der Waals surface area contributed by atoms with Crippen LogP contribution in [0, 0.1) is 0 Å². The SMILES string of the molecule is CCOc1ccccc1-c1nc(C(=O)NCCO)cc2c1[nH]c1ccccc12. The number of ether oxygens (including phenoxy) is 1. The summed E-state index contributed by atoms with van der Waals surface area (Å²) in [6.45, 7) is 2.52. The molecule has 4 aromatic rings.